The first-order valence-corrected chi connectivity index (χ1v) is 4.86. The Balaban J connectivity index is 2.36. The second-order valence-corrected chi connectivity index (χ2v) is 3.95. The van der Waals surface area contributed by atoms with Gasteiger partial charge < -0.3 is 10.2 Å². The molecule has 1 N–H and O–H groups in total. The van der Waals surface area contributed by atoms with Crippen molar-refractivity contribution in [2.75, 3.05) is 32.1 Å². The molecule has 0 bridgehead atoms. The van der Waals surface area contributed by atoms with Gasteiger partial charge >= 0.3 is 0 Å². The van der Waals surface area contributed by atoms with Crippen molar-refractivity contribution >= 4 is 5.69 Å². The van der Waals surface area contributed by atoms with Crippen molar-refractivity contribution in [1.29, 1.82) is 0 Å². The molecule has 0 saturated carbocycles. The topological polar surface area (TPSA) is 15.3 Å². The molecule has 1 fully saturated rings. The van der Waals surface area contributed by atoms with E-state index >= 15 is 0 Å². The maximum Gasteiger partial charge on any atom is 0.125 e. The molecule has 1 aliphatic rings. The number of hydrogen-bond acceptors (Lipinski definition) is 2. The molecule has 76 valence electrons. The third-order valence-electron chi connectivity index (χ3n) is 2.70. The van der Waals surface area contributed by atoms with Gasteiger partial charge in [-0.1, -0.05) is 6.07 Å². The molecule has 0 aromatic heterocycles. The van der Waals surface area contributed by atoms with Gasteiger partial charge in [-0.3, -0.25) is 0 Å². The molecule has 0 spiro atoms. The van der Waals surface area contributed by atoms with Crippen molar-refractivity contribution in [2.24, 2.45) is 0 Å². The summed E-state index contributed by atoms with van der Waals surface area (Å²) in [5, 5.41) is 3.23. The van der Waals surface area contributed by atoms with E-state index in [0.29, 0.717) is 5.92 Å². The van der Waals surface area contributed by atoms with E-state index < -0.39 is 0 Å². The van der Waals surface area contributed by atoms with Crippen molar-refractivity contribution in [3.8, 4) is 0 Å². The summed E-state index contributed by atoms with van der Waals surface area (Å²) in [6, 6.07) is 5.05. The van der Waals surface area contributed by atoms with Crippen LogP contribution in [0.25, 0.3) is 0 Å². The number of nitrogens with zero attached hydrogens (tertiary/aromatic N) is 1. The normalized spacial score (nSPS) is 16.5. The van der Waals surface area contributed by atoms with Crippen molar-refractivity contribution in [2.45, 2.75) is 5.92 Å². The standard InChI is InChI=1S/C11H15FN2/c1-14(2)11-5-9(12)3-4-10(11)8-6-13-7-8/h3-5,8,13H,6-7H2,1-2H3. The molecule has 3 heteroatoms. The molecule has 1 aliphatic heterocycles. The molecule has 1 aromatic carbocycles. The van der Waals surface area contributed by atoms with Gasteiger partial charge in [0.1, 0.15) is 5.82 Å². The fraction of sp³-hybridized carbons (Fsp3) is 0.455. The zero-order valence-electron chi connectivity index (χ0n) is 8.55. The van der Waals surface area contributed by atoms with Crippen LogP contribution in [0.1, 0.15) is 11.5 Å². The Morgan fingerprint density at radius 1 is 1.36 bits per heavy atom. The lowest BCUT2D eigenvalue weighted by atomic mass is 9.92. The SMILES string of the molecule is CN(C)c1cc(F)ccc1C1CNC1. The number of halogens is 1. The largest absolute Gasteiger partial charge is 0.377 e. The van der Waals surface area contributed by atoms with E-state index in [-0.39, 0.29) is 5.82 Å². The Morgan fingerprint density at radius 3 is 2.57 bits per heavy atom. The first-order valence-electron chi connectivity index (χ1n) is 4.86. The van der Waals surface area contributed by atoms with Crippen LogP contribution in [0.3, 0.4) is 0 Å². The van der Waals surface area contributed by atoms with E-state index in [1.165, 1.54) is 5.56 Å². The van der Waals surface area contributed by atoms with Crippen LogP contribution >= 0.6 is 0 Å². The van der Waals surface area contributed by atoms with Gasteiger partial charge in [0.2, 0.25) is 0 Å². The lowest BCUT2D eigenvalue weighted by Crippen LogP contribution is -2.40. The molecule has 2 nitrogen and oxygen atoms in total. The molecule has 0 amide bonds. The summed E-state index contributed by atoms with van der Waals surface area (Å²) in [4.78, 5) is 1.97. The number of rotatable bonds is 2. The summed E-state index contributed by atoms with van der Waals surface area (Å²) < 4.78 is 13.1. The Kier molecular flexibility index (Phi) is 2.42. The minimum Gasteiger partial charge on any atom is -0.377 e. The van der Waals surface area contributed by atoms with Gasteiger partial charge in [0.05, 0.1) is 0 Å². The Hall–Kier alpha value is -1.09. The summed E-state index contributed by atoms with van der Waals surface area (Å²) in [7, 11) is 3.90. The quantitative estimate of drug-likeness (QED) is 0.769. The summed E-state index contributed by atoms with van der Waals surface area (Å²) in [6.45, 7) is 2.01. The zero-order valence-corrected chi connectivity index (χ0v) is 8.55. The highest BCUT2D eigenvalue weighted by molar-refractivity contribution is 5.55. The lowest BCUT2D eigenvalue weighted by Gasteiger charge is -2.31. The third-order valence-corrected chi connectivity index (χ3v) is 2.70. The van der Waals surface area contributed by atoms with E-state index in [1.807, 2.05) is 25.1 Å². The van der Waals surface area contributed by atoms with Crippen LogP contribution < -0.4 is 10.2 Å². The minimum atomic E-state index is -0.162. The fourth-order valence-corrected chi connectivity index (χ4v) is 1.76. The van der Waals surface area contributed by atoms with Crippen molar-refractivity contribution in [3.05, 3.63) is 29.6 Å². The van der Waals surface area contributed by atoms with Crippen LogP contribution in [0.2, 0.25) is 0 Å². The van der Waals surface area contributed by atoms with Crippen LogP contribution in [0.15, 0.2) is 18.2 Å². The van der Waals surface area contributed by atoms with Crippen LogP contribution in [0.5, 0.6) is 0 Å². The lowest BCUT2D eigenvalue weighted by molar-refractivity contribution is 0.448. The highest BCUT2D eigenvalue weighted by Crippen LogP contribution is 2.29. The molecule has 0 aliphatic carbocycles. The number of benzene rings is 1. The Morgan fingerprint density at radius 2 is 2.07 bits per heavy atom. The molecule has 14 heavy (non-hydrogen) atoms. The second kappa shape index (κ2) is 3.58. The van der Waals surface area contributed by atoms with E-state index in [2.05, 4.69) is 5.32 Å². The number of anilines is 1. The molecular weight excluding hydrogens is 179 g/mol. The average molecular weight is 194 g/mol. The van der Waals surface area contributed by atoms with E-state index in [1.54, 1.807) is 12.1 Å². The van der Waals surface area contributed by atoms with Crippen LogP contribution in [-0.2, 0) is 0 Å². The van der Waals surface area contributed by atoms with E-state index in [4.69, 9.17) is 0 Å². The third kappa shape index (κ3) is 1.60. The zero-order chi connectivity index (χ0) is 10.1. The molecular formula is C11H15FN2. The van der Waals surface area contributed by atoms with Crippen LogP contribution in [0, 0.1) is 5.82 Å². The maximum atomic E-state index is 13.1. The monoisotopic (exact) mass is 194 g/mol. The van der Waals surface area contributed by atoms with Crippen molar-refractivity contribution < 1.29 is 4.39 Å². The molecule has 1 aromatic rings. The Bertz CT molecular complexity index is 332. The smallest absolute Gasteiger partial charge is 0.125 e. The highest BCUT2D eigenvalue weighted by atomic mass is 19.1. The van der Waals surface area contributed by atoms with Gasteiger partial charge in [0.15, 0.2) is 0 Å². The minimum absolute atomic E-state index is 0.162. The predicted molar refractivity (Wildman–Crippen MR) is 56.3 cm³/mol. The van der Waals surface area contributed by atoms with Gasteiger partial charge in [-0.05, 0) is 17.7 Å². The van der Waals surface area contributed by atoms with Crippen molar-refractivity contribution in [1.82, 2.24) is 5.32 Å². The average Bonchev–Trinajstić information content (AvgIpc) is 2.04. The van der Waals surface area contributed by atoms with E-state index in [9.17, 15) is 4.39 Å². The molecule has 0 unspecified atom stereocenters. The molecule has 2 rings (SSSR count). The number of hydrogen-bond donors (Lipinski definition) is 1. The second-order valence-electron chi connectivity index (χ2n) is 3.95. The van der Waals surface area contributed by atoms with Gasteiger partial charge in [0.25, 0.3) is 0 Å². The number of nitrogens with one attached hydrogen (secondary N) is 1. The van der Waals surface area contributed by atoms with Gasteiger partial charge in [-0.25, -0.2) is 4.39 Å². The van der Waals surface area contributed by atoms with Crippen LogP contribution in [0.4, 0.5) is 10.1 Å². The summed E-state index contributed by atoms with van der Waals surface area (Å²) in [5.41, 5.74) is 2.24. The summed E-state index contributed by atoms with van der Waals surface area (Å²) in [6.07, 6.45) is 0. The first-order chi connectivity index (χ1) is 6.68. The molecule has 0 atom stereocenters. The maximum absolute atomic E-state index is 13.1. The molecule has 1 heterocycles. The van der Waals surface area contributed by atoms with Gasteiger partial charge in [-0.2, -0.15) is 0 Å². The summed E-state index contributed by atoms with van der Waals surface area (Å²) in [5.74, 6) is 0.387. The van der Waals surface area contributed by atoms with E-state index in [0.717, 1.165) is 18.8 Å². The van der Waals surface area contributed by atoms with Crippen molar-refractivity contribution in [3.63, 3.8) is 0 Å². The van der Waals surface area contributed by atoms with Gasteiger partial charge in [0, 0.05) is 38.8 Å². The van der Waals surface area contributed by atoms with Gasteiger partial charge in [-0.15, -0.1) is 0 Å². The first kappa shape index (κ1) is 9.46. The molecule has 0 radical (unpaired) electrons. The fourth-order valence-electron chi connectivity index (χ4n) is 1.76. The predicted octanol–water partition coefficient (Wildman–Crippen LogP) is 1.58. The highest BCUT2D eigenvalue weighted by Gasteiger charge is 2.22. The van der Waals surface area contributed by atoms with Crippen LogP contribution in [-0.4, -0.2) is 27.2 Å². The molecule has 1 saturated heterocycles. The summed E-state index contributed by atoms with van der Waals surface area (Å²) >= 11 is 0. The Labute approximate surface area is 83.7 Å².